The number of nitrogens with one attached hydrogen (secondary N) is 2. The molecule has 20 heavy (non-hydrogen) atoms. The van der Waals surface area contributed by atoms with Gasteiger partial charge in [0.15, 0.2) is 5.82 Å². The lowest BCUT2D eigenvalue weighted by Crippen LogP contribution is -2.21. The molecule has 1 aromatic carbocycles. The van der Waals surface area contributed by atoms with E-state index in [1.54, 1.807) is 6.92 Å². The van der Waals surface area contributed by atoms with Crippen molar-refractivity contribution in [3.8, 4) is 0 Å². The normalized spacial score (nSPS) is 11.1. The van der Waals surface area contributed by atoms with E-state index in [0.717, 1.165) is 0 Å². The van der Waals surface area contributed by atoms with Gasteiger partial charge in [-0.1, -0.05) is 25.0 Å². The molecule has 0 fully saturated rings. The highest BCUT2D eigenvalue weighted by Gasteiger charge is 2.14. The second-order valence-electron chi connectivity index (χ2n) is 4.71. The minimum Gasteiger partial charge on any atom is -0.406 e. The Kier molecular flexibility index (Phi) is 4.29. The van der Waals surface area contributed by atoms with Crippen molar-refractivity contribution in [2.75, 3.05) is 5.32 Å². The number of aromatic nitrogens is 2. The number of aryl methyl sites for hydroxylation is 1. The molecule has 0 saturated carbocycles. The van der Waals surface area contributed by atoms with Crippen molar-refractivity contribution in [1.82, 2.24) is 15.5 Å². The first-order valence-electron chi connectivity index (χ1n) is 6.24. The molecule has 0 atom stereocenters. The Morgan fingerprint density at radius 3 is 2.70 bits per heavy atom. The number of hydrogen-bond donors (Lipinski definition) is 2. The molecule has 0 aliphatic heterocycles. The van der Waals surface area contributed by atoms with Crippen LogP contribution < -0.4 is 10.6 Å². The van der Waals surface area contributed by atoms with Crippen molar-refractivity contribution in [2.45, 2.75) is 33.4 Å². The molecule has 2 aromatic rings. The molecule has 1 heterocycles. The Balaban J connectivity index is 2.13. The summed E-state index contributed by atoms with van der Waals surface area (Å²) in [5.74, 6) is -1.05. The van der Waals surface area contributed by atoms with E-state index in [9.17, 15) is 8.78 Å². The molecule has 0 radical (unpaired) electrons. The van der Waals surface area contributed by atoms with Crippen LogP contribution in [0, 0.1) is 18.6 Å². The summed E-state index contributed by atoms with van der Waals surface area (Å²) in [6, 6.07) is 2.76. The van der Waals surface area contributed by atoms with Crippen LogP contribution in [0.4, 0.5) is 20.5 Å². The maximum atomic E-state index is 13.8. The first kappa shape index (κ1) is 14.4. The van der Waals surface area contributed by atoms with Crippen molar-refractivity contribution in [1.29, 1.82) is 0 Å². The van der Waals surface area contributed by atoms with Crippen molar-refractivity contribution < 1.29 is 13.2 Å². The highest BCUT2D eigenvalue weighted by Crippen LogP contribution is 2.24. The predicted molar refractivity (Wildman–Crippen MR) is 70.7 cm³/mol. The van der Waals surface area contributed by atoms with Crippen molar-refractivity contribution in [3.05, 3.63) is 35.2 Å². The van der Waals surface area contributed by atoms with Crippen LogP contribution in [0.15, 0.2) is 16.5 Å². The Morgan fingerprint density at radius 2 is 2.00 bits per heavy atom. The smallest absolute Gasteiger partial charge is 0.320 e. The Morgan fingerprint density at radius 1 is 1.25 bits per heavy atom. The molecule has 0 spiro atoms. The molecule has 0 unspecified atom stereocenters. The van der Waals surface area contributed by atoms with Crippen LogP contribution >= 0.6 is 0 Å². The molecular formula is C13H16F2N4O. The third-order valence-corrected chi connectivity index (χ3v) is 2.64. The molecule has 0 amide bonds. The highest BCUT2D eigenvalue weighted by molar-refractivity contribution is 5.55. The summed E-state index contributed by atoms with van der Waals surface area (Å²) >= 11 is 0. The first-order chi connectivity index (χ1) is 9.47. The van der Waals surface area contributed by atoms with Crippen molar-refractivity contribution in [2.24, 2.45) is 0 Å². The predicted octanol–water partition coefficient (Wildman–Crippen LogP) is 2.90. The van der Waals surface area contributed by atoms with E-state index < -0.39 is 11.6 Å². The van der Waals surface area contributed by atoms with Crippen LogP contribution in [-0.2, 0) is 6.54 Å². The maximum Gasteiger partial charge on any atom is 0.320 e. The van der Waals surface area contributed by atoms with Gasteiger partial charge in [0, 0.05) is 6.04 Å². The number of rotatable bonds is 5. The average Bonchev–Trinajstić information content (AvgIpc) is 2.85. The van der Waals surface area contributed by atoms with Gasteiger partial charge in [0.25, 0.3) is 0 Å². The minimum absolute atomic E-state index is 0.0473. The van der Waals surface area contributed by atoms with Crippen molar-refractivity contribution >= 4 is 11.7 Å². The number of benzene rings is 1. The first-order valence-corrected chi connectivity index (χ1v) is 6.24. The van der Waals surface area contributed by atoms with Gasteiger partial charge in [-0.3, -0.25) is 0 Å². The molecule has 2 rings (SSSR count). The van der Waals surface area contributed by atoms with Gasteiger partial charge >= 0.3 is 6.01 Å². The summed E-state index contributed by atoms with van der Waals surface area (Å²) in [6.07, 6.45) is 0. The molecule has 0 aliphatic carbocycles. The van der Waals surface area contributed by atoms with Gasteiger partial charge in [-0.25, -0.2) is 8.78 Å². The van der Waals surface area contributed by atoms with Gasteiger partial charge in [0.1, 0.15) is 11.5 Å². The summed E-state index contributed by atoms with van der Waals surface area (Å²) < 4.78 is 32.6. The molecule has 0 bridgehead atoms. The monoisotopic (exact) mass is 282 g/mol. The highest BCUT2D eigenvalue weighted by atomic mass is 19.1. The zero-order valence-electron chi connectivity index (χ0n) is 11.5. The fourth-order valence-electron chi connectivity index (χ4n) is 1.55. The summed E-state index contributed by atoms with van der Waals surface area (Å²) in [5.41, 5.74) is 0.0344. The van der Waals surface area contributed by atoms with E-state index >= 15 is 0 Å². The van der Waals surface area contributed by atoms with E-state index in [4.69, 9.17) is 4.42 Å². The second-order valence-corrected chi connectivity index (χ2v) is 4.71. The maximum absolute atomic E-state index is 13.8. The molecule has 0 saturated heterocycles. The number of anilines is 2. The van der Waals surface area contributed by atoms with E-state index in [1.807, 2.05) is 13.8 Å². The quantitative estimate of drug-likeness (QED) is 0.883. The van der Waals surface area contributed by atoms with E-state index in [1.165, 1.54) is 12.1 Å². The van der Waals surface area contributed by atoms with Gasteiger partial charge in [-0.2, -0.15) is 0 Å². The van der Waals surface area contributed by atoms with Gasteiger partial charge in [0.2, 0.25) is 5.89 Å². The Bertz CT molecular complexity index is 598. The largest absolute Gasteiger partial charge is 0.406 e. The lowest BCUT2D eigenvalue weighted by molar-refractivity contribution is 0.459. The van der Waals surface area contributed by atoms with Gasteiger partial charge in [0.05, 0.1) is 6.54 Å². The van der Waals surface area contributed by atoms with Gasteiger partial charge in [-0.05, 0) is 18.6 Å². The van der Waals surface area contributed by atoms with E-state index in [2.05, 4.69) is 20.8 Å². The van der Waals surface area contributed by atoms with Crippen LogP contribution in [0.5, 0.6) is 0 Å². The van der Waals surface area contributed by atoms with E-state index in [-0.39, 0.29) is 17.7 Å². The fourth-order valence-corrected chi connectivity index (χ4v) is 1.55. The second kappa shape index (κ2) is 5.96. The molecule has 0 aliphatic rings. The summed E-state index contributed by atoms with van der Waals surface area (Å²) in [6.45, 7) is 5.90. The lowest BCUT2D eigenvalue weighted by Gasteiger charge is -2.06. The SMILES string of the molecule is Cc1ccc(F)c(Nc2nnc(CNC(C)C)o2)c1F. The number of halogens is 2. The lowest BCUT2D eigenvalue weighted by atomic mass is 10.2. The molecule has 2 N–H and O–H groups in total. The third kappa shape index (κ3) is 3.30. The summed E-state index contributed by atoms with van der Waals surface area (Å²) in [4.78, 5) is 0. The molecule has 1 aromatic heterocycles. The zero-order valence-corrected chi connectivity index (χ0v) is 11.5. The fraction of sp³-hybridized carbons (Fsp3) is 0.385. The summed E-state index contributed by atoms with van der Waals surface area (Å²) in [5, 5.41) is 13.0. The van der Waals surface area contributed by atoms with Crippen LogP contribution in [0.3, 0.4) is 0 Å². The Hall–Kier alpha value is -2.02. The summed E-state index contributed by atoms with van der Waals surface area (Å²) in [7, 11) is 0. The van der Waals surface area contributed by atoms with Crippen molar-refractivity contribution in [3.63, 3.8) is 0 Å². The number of hydrogen-bond acceptors (Lipinski definition) is 5. The zero-order chi connectivity index (χ0) is 14.7. The van der Waals surface area contributed by atoms with Crippen LogP contribution in [0.2, 0.25) is 0 Å². The molecule has 5 nitrogen and oxygen atoms in total. The minimum atomic E-state index is -0.715. The standard InChI is InChI=1S/C13H16F2N4O/c1-7(2)16-6-10-18-19-13(20-10)17-12-9(14)5-4-8(3)11(12)15/h4-5,7,16H,6H2,1-3H3,(H,17,19). The van der Waals surface area contributed by atoms with Crippen LogP contribution in [-0.4, -0.2) is 16.2 Å². The van der Waals surface area contributed by atoms with E-state index in [0.29, 0.717) is 18.0 Å². The topological polar surface area (TPSA) is 63.0 Å². The molecule has 108 valence electrons. The van der Waals surface area contributed by atoms with Crippen LogP contribution in [0.25, 0.3) is 0 Å². The molecule has 7 heteroatoms. The third-order valence-electron chi connectivity index (χ3n) is 2.64. The molecular weight excluding hydrogens is 266 g/mol. The average molecular weight is 282 g/mol. The Labute approximate surface area is 115 Å². The van der Waals surface area contributed by atoms with Gasteiger partial charge in [-0.15, -0.1) is 5.10 Å². The van der Waals surface area contributed by atoms with Crippen LogP contribution in [0.1, 0.15) is 25.3 Å². The number of nitrogens with zero attached hydrogens (tertiary/aromatic N) is 2. The van der Waals surface area contributed by atoms with Gasteiger partial charge < -0.3 is 15.1 Å².